The molecule has 2 aromatic rings. The second-order valence-corrected chi connectivity index (χ2v) is 12.7. The first-order chi connectivity index (χ1) is 17.3. The van der Waals surface area contributed by atoms with Crippen LogP contribution in [-0.4, -0.2) is 78.8 Å². The quantitative estimate of drug-likeness (QED) is 0.319. The molecule has 0 saturated heterocycles. The highest BCUT2D eigenvalue weighted by Crippen LogP contribution is 2.32. The predicted octanol–water partition coefficient (Wildman–Crippen LogP) is 2.78. The van der Waals surface area contributed by atoms with Crippen LogP contribution in [-0.2, 0) is 19.7 Å². The monoisotopic (exact) mass is 556 g/mol. The topological polar surface area (TPSA) is 139 Å². The van der Waals surface area contributed by atoms with Crippen molar-refractivity contribution in [3.63, 3.8) is 0 Å². The van der Waals surface area contributed by atoms with Gasteiger partial charge in [-0.25, -0.2) is 16.8 Å². The van der Waals surface area contributed by atoms with E-state index in [9.17, 15) is 26.4 Å². The zero-order valence-corrected chi connectivity index (χ0v) is 23.3. The minimum Gasteiger partial charge on any atom is -0.493 e. The van der Waals surface area contributed by atoms with E-state index in [1.54, 1.807) is 13.8 Å². The summed E-state index contributed by atoms with van der Waals surface area (Å²) < 4.78 is 72.1. The second kappa shape index (κ2) is 12.4. The molecule has 0 heterocycles. The van der Waals surface area contributed by atoms with Crippen LogP contribution >= 0.6 is 0 Å². The number of carbonyl (C=O) groups excluding carboxylic acids is 2. The minimum absolute atomic E-state index is 0.0255. The average Bonchev–Trinajstić information content (AvgIpc) is 2.82. The third-order valence-electron chi connectivity index (χ3n) is 5.54. The standard InChI is InChI=1S/C25H32O10S2/c1-7-34-20-13-16(9-11-18(20)32-3)24(26)22(36(5,28)29)15-23(37(6,30)31)25(27)17-10-12-19(33-4)21(14-17)35-8-2/h9-14,22-23H,7-8,15H2,1-6H3. The molecule has 2 unspecified atom stereocenters. The fraction of sp³-hybridized carbons (Fsp3) is 0.440. The highest BCUT2D eigenvalue weighted by Gasteiger charge is 2.40. The molecule has 2 atom stereocenters. The summed E-state index contributed by atoms with van der Waals surface area (Å²) in [5, 5.41) is -3.60. The molecule has 10 nitrogen and oxygen atoms in total. The minimum atomic E-state index is -4.13. The maximum absolute atomic E-state index is 13.4. The molecule has 204 valence electrons. The molecule has 0 aliphatic rings. The summed E-state index contributed by atoms with van der Waals surface area (Å²) in [5.74, 6) is -0.609. The van der Waals surface area contributed by atoms with Gasteiger partial charge < -0.3 is 18.9 Å². The Morgan fingerprint density at radius 2 is 1.03 bits per heavy atom. The van der Waals surface area contributed by atoms with Crippen molar-refractivity contribution in [1.29, 1.82) is 0 Å². The lowest BCUT2D eigenvalue weighted by atomic mass is 10.00. The van der Waals surface area contributed by atoms with Gasteiger partial charge in [-0.3, -0.25) is 9.59 Å². The Balaban J connectivity index is 2.54. The van der Waals surface area contributed by atoms with Gasteiger partial charge in [0.05, 0.1) is 27.4 Å². The third kappa shape index (κ3) is 7.45. The van der Waals surface area contributed by atoms with Crippen LogP contribution in [0.5, 0.6) is 23.0 Å². The lowest BCUT2D eigenvalue weighted by Gasteiger charge is -2.21. The Hall–Kier alpha value is -3.12. The van der Waals surface area contributed by atoms with Gasteiger partial charge in [0.25, 0.3) is 0 Å². The average molecular weight is 557 g/mol. The van der Waals surface area contributed by atoms with E-state index in [1.165, 1.54) is 50.6 Å². The molecule has 12 heteroatoms. The van der Waals surface area contributed by atoms with E-state index in [1.807, 2.05) is 0 Å². The summed E-state index contributed by atoms with van der Waals surface area (Å²) in [6.07, 6.45) is 0.890. The Bertz CT molecular complexity index is 1240. The SMILES string of the molecule is CCOc1cc(C(=O)C(CC(C(=O)c2ccc(OC)c(OCC)c2)S(C)(=O)=O)S(C)(=O)=O)ccc1OC. The molecule has 0 fully saturated rings. The maximum Gasteiger partial charge on any atom is 0.181 e. The van der Waals surface area contributed by atoms with E-state index < -0.39 is 48.2 Å². The normalized spacial score (nSPS) is 13.4. The summed E-state index contributed by atoms with van der Waals surface area (Å²) in [6.45, 7) is 3.98. The Morgan fingerprint density at radius 1 is 0.676 bits per heavy atom. The van der Waals surface area contributed by atoms with Crippen LogP contribution < -0.4 is 18.9 Å². The van der Waals surface area contributed by atoms with Crippen molar-refractivity contribution in [3.05, 3.63) is 47.5 Å². The molecule has 0 radical (unpaired) electrons. The van der Waals surface area contributed by atoms with E-state index in [0.717, 1.165) is 12.5 Å². The van der Waals surface area contributed by atoms with E-state index in [0.29, 0.717) is 11.5 Å². The first-order valence-electron chi connectivity index (χ1n) is 11.4. The van der Waals surface area contributed by atoms with Gasteiger partial charge >= 0.3 is 0 Å². The van der Waals surface area contributed by atoms with Gasteiger partial charge in [-0.05, 0) is 56.7 Å². The fourth-order valence-electron chi connectivity index (χ4n) is 3.72. The Kier molecular flexibility index (Phi) is 10.1. The first-order valence-corrected chi connectivity index (χ1v) is 15.3. The molecular formula is C25H32O10S2. The zero-order chi connectivity index (χ0) is 28.0. The van der Waals surface area contributed by atoms with Crippen molar-refractivity contribution in [2.45, 2.75) is 30.8 Å². The maximum atomic E-state index is 13.4. The van der Waals surface area contributed by atoms with Gasteiger partial charge in [-0.15, -0.1) is 0 Å². The van der Waals surface area contributed by atoms with Crippen LogP contribution in [0.25, 0.3) is 0 Å². The molecule has 2 rings (SSSR count). The van der Waals surface area contributed by atoms with E-state index >= 15 is 0 Å². The molecule has 0 N–H and O–H groups in total. The molecule has 0 aliphatic heterocycles. The Labute approximate surface area is 217 Å². The van der Waals surface area contributed by atoms with Gasteiger partial charge in [0.15, 0.2) is 54.2 Å². The number of sulfone groups is 2. The Morgan fingerprint density at radius 3 is 1.30 bits per heavy atom. The third-order valence-corrected chi connectivity index (χ3v) is 8.42. The van der Waals surface area contributed by atoms with Crippen molar-refractivity contribution >= 4 is 31.2 Å². The highest BCUT2D eigenvalue weighted by molar-refractivity contribution is 7.93. The van der Waals surface area contributed by atoms with Gasteiger partial charge in [0.1, 0.15) is 10.5 Å². The van der Waals surface area contributed by atoms with Gasteiger partial charge in [-0.1, -0.05) is 0 Å². The molecule has 2 aromatic carbocycles. The van der Waals surface area contributed by atoms with Gasteiger partial charge in [0.2, 0.25) is 0 Å². The van der Waals surface area contributed by atoms with Crippen molar-refractivity contribution < 1.29 is 45.4 Å². The summed E-state index contributed by atoms with van der Waals surface area (Å²) in [6, 6.07) is 8.27. The fourth-order valence-corrected chi connectivity index (χ4v) is 5.97. The number of Topliss-reactive ketones (excluding diaryl/α,β-unsaturated/α-hetero) is 2. The lowest BCUT2D eigenvalue weighted by Crippen LogP contribution is -2.39. The molecule has 0 aliphatic carbocycles. The van der Waals surface area contributed by atoms with Crippen molar-refractivity contribution in [2.75, 3.05) is 39.9 Å². The predicted molar refractivity (Wildman–Crippen MR) is 139 cm³/mol. The molecular weight excluding hydrogens is 524 g/mol. The van der Waals surface area contributed by atoms with Crippen LogP contribution in [0, 0.1) is 0 Å². The molecule has 0 amide bonds. The molecule has 0 bridgehead atoms. The molecule has 0 spiro atoms. The summed E-state index contributed by atoms with van der Waals surface area (Å²) >= 11 is 0. The molecule has 0 aromatic heterocycles. The van der Waals surface area contributed by atoms with Gasteiger partial charge in [0, 0.05) is 23.6 Å². The number of hydrogen-bond donors (Lipinski definition) is 0. The smallest absolute Gasteiger partial charge is 0.181 e. The lowest BCUT2D eigenvalue weighted by molar-refractivity contribution is 0.0962. The van der Waals surface area contributed by atoms with Crippen LogP contribution in [0.2, 0.25) is 0 Å². The largest absolute Gasteiger partial charge is 0.493 e. The number of hydrogen-bond acceptors (Lipinski definition) is 10. The van der Waals surface area contributed by atoms with E-state index in [2.05, 4.69) is 0 Å². The highest BCUT2D eigenvalue weighted by atomic mass is 32.2. The number of carbonyl (C=O) groups is 2. The first kappa shape index (κ1) is 30.1. The molecule has 0 saturated carbocycles. The molecule has 37 heavy (non-hydrogen) atoms. The number of ether oxygens (including phenoxy) is 4. The van der Waals surface area contributed by atoms with E-state index in [4.69, 9.17) is 18.9 Å². The van der Waals surface area contributed by atoms with Crippen molar-refractivity contribution in [1.82, 2.24) is 0 Å². The van der Waals surface area contributed by atoms with Crippen LogP contribution in [0.1, 0.15) is 41.0 Å². The summed E-state index contributed by atoms with van der Waals surface area (Å²) in [5.41, 5.74) is -0.0510. The van der Waals surface area contributed by atoms with Crippen LogP contribution in [0.15, 0.2) is 36.4 Å². The van der Waals surface area contributed by atoms with Gasteiger partial charge in [-0.2, -0.15) is 0 Å². The van der Waals surface area contributed by atoms with Crippen molar-refractivity contribution in [3.8, 4) is 23.0 Å². The van der Waals surface area contributed by atoms with Crippen LogP contribution in [0.4, 0.5) is 0 Å². The summed E-state index contributed by atoms with van der Waals surface area (Å²) in [7, 11) is -5.44. The van der Waals surface area contributed by atoms with Crippen LogP contribution in [0.3, 0.4) is 0 Å². The zero-order valence-electron chi connectivity index (χ0n) is 21.6. The number of ketones is 2. The number of benzene rings is 2. The summed E-state index contributed by atoms with van der Waals surface area (Å²) in [4.78, 5) is 26.7. The number of rotatable bonds is 14. The second-order valence-electron chi connectivity index (χ2n) is 8.20. The number of methoxy groups -OCH3 is 2. The van der Waals surface area contributed by atoms with Crippen molar-refractivity contribution in [2.24, 2.45) is 0 Å². The van der Waals surface area contributed by atoms with E-state index in [-0.39, 0.29) is 35.8 Å².